The van der Waals surface area contributed by atoms with Crippen molar-refractivity contribution >= 4 is 29.9 Å². The van der Waals surface area contributed by atoms with Crippen molar-refractivity contribution in [2.24, 2.45) is 4.99 Å². The first kappa shape index (κ1) is 23.5. The number of aliphatic imine (C=N–C) groups is 1. The van der Waals surface area contributed by atoms with Gasteiger partial charge in [-0.25, -0.2) is 9.67 Å². The lowest BCUT2D eigenvalue weighted by atomic mass is 10.2. The van der Waals surface area contributed by atoms with Crippen LogP contribution in [-0.2, 0) is 13.0 Å². The van der Waals surface area contributed by atoms with E-state index >= 15 is 0 Å². The minimum Gasteiger partial charge on any atom is -0.356 e. The highest BCUT2D eigenvalue weighted by Gasteiger charge is 2.10. The van der Waals surface area contributed by atoms with Crippen LogP contribution in [0.15, 0.2) is 84.2 Å². The Morgan fingerprint density at radius 2 is 1.78 bits per heavy atom. The number of aromatic amines is 1. The fraction of sp³-hybridized carbons (Fsp3) is 0.208. The van der Waals surface area contributed by atoms with Crippen LogP contribution in [0.2, 0.25) is 0 Å². The molecule has 0 amide bonds. The molecule has 0 saturated carbocycles. The molecule has 4 rings (SSSR count). The third-order valence-corrected chi connectivity index (χ3v) is 5.03. The lowest BCUT2D eigenvalue weighted by Gasteiger charge is -2.21. The zero-order valence-corrected chi connectivity index (χ0v) is 20.6. The molecule has 4 aromatic rings. The van der Waals surface area contributed by atoms with Gasteiger partial charge >= 0.3 is 0 Å². The van der Waals surface area contributed by atoms with Gasteiger partial charge in [-0.2, -0.15) is 5.10 Å². The van der Waals surface area contributed by atoms with Gasteiger partial charge in [0.15, 0.2) is 5.96 Å². The van der Waals surface area contributed by atoms with Gasteiger partial charge in [0.25, 0.3) is 0 Å². The van der Waals surface area contributed by atoms with E-state index in [1.165, 1.54) is 5.56 Å². The maximum Gasteiger partial charge on any atom is 0.193 e. The van der Waals surface area contributed by atoms with Gasteiger partial charge in [0.05, 0.1) is 30.3 Å². The predicted octanol–water partition coefficient (Wildman–Crippen LogP) is 4.13. The summed E-state index contributed by atoms with van der Waals surface area (Å²) in [5.41, 5.74) is 4.38. The van der Waals surface area contributed by atoms with E-state index in [1.54, 1.807) is 7.05 Å². The molecule has 0 fully saturated rings. The molecule has 0 atom stereocenters. The Kier molecular flexibility index (Phi) is 8.43. The van der Waals surface area contributed by atoms with E-state index in [4.69, 9.17) is 0 Å². The van der Waals surface area contributed by atoms with Crippen LogP contribution in [0.25, 0.3) is 16.9 Å². The van der Waals surface area contributed by atoms with Gasteiger partial charge < -0.3 is 15.2 Å². The monoisotopic (exact) mass is 541 g/mol. The van der Waals surface area contributed by atoms with Crippen molar-refractivity contribution in [1.82, 2.24) is 30.0 Å². The minimum absolute atomic E-state index is 0. The lowest BCUT2D eigenvalue weighted by molar-refractivity contribution is 0.464. The highest BCUT2D eigenvalue weighted by Crippen LogP contribution is 2.16. The van der Waals surface area contributed by atoms with Crippen LogP contribution in [0.5, 0.6) is 0 Å². The Morgan fingerprint density at radius 1 is 1.06 bits per heavy atom. The molecule has 2 aromatic heterocycles. The zero-order valence-electron chi connectivity index (χ0n) is 18.3. The van der Waals surface area contributed by atoms with Crippen molar-refractivity contribution in [2.45, 2.75) is 13.0 Å². The van der Waals surface area contributed by atoms with Crippen molar-refractivity contribution < 1.29 is 0 Å². The number of guanidine groups is 1. The number of para-hydroxylation sites is 1. The highest BCUT2D eigenvalue weighted by molar-refractivity contribution is 14.0. The van der Waals surface area contributed by atoms with Crippen LogP contribution in [0.1, 0.15) is 11.4 Å². The van der Waals surface area contributed by atoms with Crippen molar-refractivity contribution in [3.05, 3.63) is 90.6 Å². The normalized spacial score (nSPS) is 11.1. The number of hydrogen-bond acceptors (Lipinski definition) is 3. The summed E-state index contributed by atoms with van der Waals surface area (Å²) in [5.74, 6) is 1.72. The summed E-state index contributed by atoms with van der Waals surface area (Å²) < 4.78 is 1.90. The third kappa shape index (κ3) is 5.97. The Morgan fingerprint density at radius 3 is 2.50 bits per heavy atom. The number of nitrogens with one attached hydrogen (secondary N) is 2. The number of aromatic nitrogens is 4. The standard InChI is InChI=1S/C24H27N7.HI/c1-25-24(26-14-13-19-15-28-31(17-19)21-11-7-4-8-12-21)30(2)18-23-27-16-22(29-23)20-9-5-3-6-10-20;/h3-12,15-17H,13-14,18H2,1-2H3,(H,25,26)(H,27,29);1H. The number of halogens is 1. The van der Waals surface area contributed by atoms with Crippen molar-refractivity contribution in [3.8, 4) is 16.9 Å². The van der Waals surface area contributed by atoms with E-state index in [9.17, 15) is 0 Å². The molecule has 8 heteroatoms. The third-order valence-electron chi connectivity index (χ3n) is 5.03. The Hall–Kier alpha value is -3.14. The van der Waals surface area contributed by atoms with Gasteiger partial charge in [-0.1, -0.05) is 48.5 Å². The number of rotatable bonds is 7. The molecule has 32 heavy (non-hydrogen) atoms. The maximum absolute atomic E-state index is 4.52. The van der Waals surface area contributed by atoms with E-state index in [0.29, 0.717) is 6.54 Å². The fourth-order valence-electron chi connectivity index (χ4n) is 3.42. The number of benzene rings is 2. The zero-order chi connectivity index (χ0) is 21.5. The predicted molar refractivity (Wildman–Crippen MR) is 140 cm³/mol. The van der Waals surface area contributed by atoms with Gasteiger partial charge in [0.2, 0.25) is 0 Å². The summed E-state index contributed by atoms with van der Waals surface area (Å²) in [5, 5.41) is 7.88. The van der Waals surface area contributed by atoms with E-state index < -0.39 is 0 Å². The number of imidazole rings is 1. The quantitative estimate of drug-likeness (QED) is 0.210. The molecule has 0 aliphatic carbocycles. The number of H-pyrrole nitrogens is 1. The molecule has 0 saturated heterocycles. The first-order valence-corrected chi connectivity index (χ1v) is 10.3. The Balaban J connectivity index is 0.00000289. The summed E-state index contributed by atoms with van der Waals surface area (Å²) in [6.45, 7) is 1.41. The summed E-state index contributed by atoms with van der Waals surface area (Å²) in [6.07, 6.45) is 6.71. The van der Waals surface area contributed by atoms with Crippen molar-refractivity contribution in [2.75, 3.05) is 20.6 Å². The number of nitrogens with zero attached hydrogens (tertiary/aromatic N) is 5. The molecular formula is C24H28IN7. The highest BCUT2D eigenvalue weighted by atomic mass is 127. The molecule has 0 spiro atoms. The molecule has 0 unspecified atom stereocenters. The van der Waals surface area contributed by atoms with Crippen molar-refractivity contribution in [1.29, 1.82) is 0 Å². The Labute approximate surface area is 205 Å². The fourth-order valence-corrected chi connectivity index (χ4v) is 3.42. The molecule has 0 aliphatic rings. The summed E-state index contributed by atoms with van der Waals surface area (Å²) in [7, 11) is 3.80. The lowest BCUT2D eigenvalue weighted by Crippen LogP contribution is -2.39. The second kappa shape index (κ2) is 11.5. The minimum atomic E-state index is 0. The topological polar surface area (TPSA) is 74.1 Å². The molecule has 2 aromatic carbocycles. The SMILES string of the molecule is CN=C(NCCc1cnn(-c2ccccc2)c1)N(C)Cc1ncc(-c2ccccc2)[nH]1.I. The summed E-state index contributed by atoms with van der Waals surface area (Å²) in [4.78, 5) is 14.4. The van der Waals surface area contributed by atoms with Crippen LogP contribution >= 0.6 is 24.0 Å². The molecular weight excluding hydrogens is 513 g/mol. The smallest absolute Gasteiger partial charge is 0.193 e. The van der Waals surface area contributed by atoms with Gasteiger partial charge in [0, 0.05) is 26.8 Å². The number of hydrogen-bond donors (Lipinski definition) is 2. The molecule has 0 bridgehead atoms. The molecule has 166 valence electrons. The molecule has 7 nitrogen and oxygen atoms in total. The van der Waals surface area contributed by atoms with Gasteiger partial charge in [-0.15, -0.1) is 24.0 Å². The second-order valence-corrected chi connectivity index (χ2v) is 7.32. The van der Waals surface area contributed by atoms with Crippen molar-refractivity contribution in [3.63, 3.8) is 0 Å². The molecule has 0 radical (unpaired) electrons. The average molecular weight is 541 g/mol. The first-order valence-electron chi connectivity index (χ1n) is 10.3. The van der Waals surface area contributed by atoms with E-state index in [0.717, 1.165) is 41.7 Å². The van der Waals surface area contributed by atoms with Crippen LogP contribution < -0.4 is 5.32 Å². The molecule has 0 aliphatic heterocycles. The first-order chi connectivity index (χ1) is 15.2. The van der Waals surface area contributed by atoms with Gasteiger partial charge in [-0.05, 0) is 29.7 Å². The second-order valence-electron chi connectivity index (χ2n) is 7.32. The maximum atomic E-state index is 4.52. The molecule has 2 heterocycles. The van der Waals surface area contributed by atoms with Crippen LogP contribution in [0, 0.1) is 0 Å². The van der Waals surface area contributed by atoms with Gasteiger partial charge in [-0.3, -0.25) is 4.99 Å². The van der Waals surface area contributed by atoms with E-state index in [2.05, 4.69) is 48.6 Å². The summed E-state index contributed by atoms with van der Waals surface area (Å²) in [6, 6.07) is 20.3. The largest absolute Gasteiger partial charge is 0.356 e. The van der Waals surface area contributed by atoms with E-state index in [1.807, 2.05) is 72.7 Å². The van der Waals surface area contributed by atoms with Crippen LogP contribution in [-0.4, -0.2) is 51.2 Å². The van der Waals surface area contributed by atoms with E-state index in [-0.39, 0.29) is 24.0 Å². The average Bonchev–Trinajstić information content (AvgIpc) is 3.48. The van der Waals surface area contributed by atoms with Crippen LogP contribution in [0.3, 0.4) is 0 Å². The molecule has 2 N–H and O–H groups in total. The van der Waals surface area contributed by atoms with Gasteiger partial charge in [0.1, 0.15) is 5.82 Å². The van der Waals surface area contributed by atoms with Crippen LogP contribution in [0.4, 0.5) is 0 Å². The summed E-state index contributed by atoms with van der Waals surface area (Å²) >= 11 is 0. The Bertz CT molecular complexity index is 1120.